The Morgan fingerprint density at radius 3 is 2.65 bits per heavy atom. The van der Waals surface area contributed by atoms with E-state index in [1.807, 2.05) is 0 Å². The molecule has 92 valence electrons. The predicted octanol–water partition coefficient (Wildman–Crippen LogP) is 2.34. The molecule has 1 heterocycles. The molecule has 1 aliphatic carbocycles. The van der Waals surface area contributed by atoms with Crippen LogP contribution in [0.25, 0.3) is 0 Å². The predicted molar refractivity (Wildman–Crippen MR) is 65.6 cm³/mol. The Bertz CT molecular complexity index is 442. The van der Waals surface area contributed by atoms with Crippen LogP contribution in [0.3, 0.4) is 0 Å². The van der Waals surface area contributed by atoms with Gasteiger partial charge in [0.25, 0.3) is 5.91 Å². The number of carbonyl (C=O) groups is 2. The van der Waals surface area contributed by atoms with Crippen molar-refractivity contribution in [2.45, 2.75) is 12.8 Å². The maximum absolute atomic E-state index is 12.1. The van der Waals surface area contributed by atoms with Crippen molar-refractivity contribution in [3.63, 3.8) is 0 Å². The van der Waals surface area contributed by atoms with Gasteiger partial charge in [-0.3, -0.25) is 9.59 Å². The second-order valence-electron chi connectivity index (χ2n) is 4.13. The van der Waals surface area contributed by atoms with E-state index in [1.54, 1.807) is 12.1 Å². The summed E-state index contributed by atoms with van der Waals surface area (Å²) in [5.74, 6) is -0.758. The summed E-state index contributed by atoms with van der Waals surface area (Å²) in [6.45, 7) is 0.283. The lowest BCUT2D eigenvalue weighted by atomic mass is 10.3. The maximum atomic E-state index is 12.1. The Morgan fingerprint density at radius 2 is 2.18 bits per heavy atom. The molecule has 6 heteroatoms. The smallest absolute Gasteiger partial charge is 0.323 e. The lowest BCUT2D eigenvalue weighted by Gasteiger charge is -2.19. The minimum Gasteiger partial charge on any atom is -0.480 e. The summed E-state index contributed by atoms with van der Waals surface area (Å²) in [5.41, 5.74) is 0. The first-order valence-electron chi connectivity index (χ1n) is 5.32. The molecular formula is C11H12ClNO3S. The first-order chi connectivity index (χ1) is 8.06. The Balaban J connectivity index is 2.07. The van der Waals surface area contributed by atoms with Crippen LogP contribution in [0.5, 0.6) is 0 Å². The molecule has 0 radical (unpaired) electrons. The molecule has 17 heavy (non-hydrogen) atoms. The van der Waals surface area contributed by atoms with E-state index in [9.17, 15) is 9.59 Å². The Hall–Kier alpha value is -1.07. The second-order valence-corrected chi connectivity index (χ2v) is 5.84. The Labute approximate surface area is 108 Å². The maximum Gasteiger partial charge on any atom is 0.323 e. The molecule has 0 aliphatic heterocycles. The number of rotatable bonds is 5. The Kier molecular flexibility index (Phi) is 3.69. The fraction of sp³-hybridized carbons (Fsp3) is 0.455. The number of halogens is 1. The third-order valence-electron chi connectivity index (χ3n) is 2.57. The van der Waals surface area contributed by atoms with Gasteiger partial charge in [-0.1, -0.05) is 11.6 Å². The number of carboxylic acids is 1. The van der Waals surface area contributed by atoms with Gasteiger partial charge in [0, 0.05) is 6.54 Å². The van der Waals surface area contributed by atoms with Crippen LogP contribution >= 0.6 is 22.9 Å². The molecule has 1 aromatic heterocycles. The van der Waals surface area contributed by atoms with Crippen molar-refractivity contribution >= 4 is 34.8 Å². The zero-order valence-corrected chi connectivity index (χ0v) is 10.6. The standard InChI is InChI=1S/C11H12ClNO3S/c12-9-4-3-8(17-9)11(16)13(6-10(14)15)5-7-1-2-7/h3-4,7H,1-2,5-6H2,(H,14,15). The summed E-state index contributed by atoms with van der Waals surface area (Å²) in [7, 11) is 0. The van der Waals surface area contributed by atoms with E-state index in [-0.39, 0.29) is 12.5 Å². The number of amides is 1. The molecule has 0 aromatic carbocycles. The van der Waals surface area contributed by atoms with E-state index < -0.39 is 5.97 Å². The van der Waals surface area contributed by atoms with Crippen molar-refractivity contribution in [1.29, 1.82) is 0 Å². The molecule has 0 saturated heterocycles. The molecule has 0 spiro atoms. The Morgan fingerprint density at radius 1 is 1.47 bits per heavy atom. The van der Waals surface area contributed by atoms with E-state index in [0.29, 0.717) is 21.7 Å². The summed E-state index contributed by atoms with van der Waals surface area (Å²) in [6, 6.07) is 3.28. The quantitative estimate of drug-likeness (QED) is 0.896. The highest BCUT2D eigenvalue weighted by atomic mass is 35.5. The van der Waals surface area contributed by atoms with Crippen LogP contribution < -0.4 is 0 Å². The van der Waals surface area contributed by atoms with Gasteiger partial charge in [-0.2, -0.15) is 0 Å². The molecule has 1 N–H and O–H groups in total. The fourth-order valence-corrected chi connectivity index (χ4v) is 2.59. The molecule has 1 amide bonds. The van der Waals surface area contributed by atoms with Crippen LogP contribution in [0.4, 0.5) is 0 Å². The minimum absolute atomic E-state index is 0.240. The van der Waals surface area contributed by atoms with Gasteiger partial charge in [-0.25, -0.2) is 0 Å². The second kappa shape index (κ2) is 5.06. The normalized spacial score (nSPS) is 14.6. The van der Waals surface area contributed by atoms with E-state index in [1.165, 1.54) is 16.2 Å². The topological polar surface area (TPSA) is 57.6 Å². The summed E-state index contributed by atoms with van der Waals surface area (Å²) < 4.78 is 0.537. The molecule has 1 fully saturated rings. The highest BCUT2D eigenvalue weighted by Crippen LogP contribution is 2.31. The number of thiophene rings is 1. The van der Waals surface area contributed by atoms with Crippen LogP contribution in [0.2, 0.25) is 4.34 Å². The third kappa shape index (κ3) is 3.44. The van der Waals surface area contributed by atoms with Gasteiger partial charge in [0.1, 0.15) is 6.54 Å². The van der Waals surface area contributed by atoms with Crippen LogP contribution in [0, 0.1) is 5.92 Å². The van der Waals surface area contributed by atoms with E-state index in [2.05, 4.69) is 0 Å². The number of carbonyl (C=O) groups excluding carboxylic acids is 1. The van der Waals surface area contributed by atoms with Gasteiger partial charge in [0.2, 0.25) is 0 Å². The highest BCUT2D eigenvalue weighted by Gasteiger charge is 2.28. The number of carboxylic acid groups (broad SMARTS) is 1. The number of hydrogen-bond acceptors (Lipinski definition) is 3. The van der Waals surface area contributed by atoms with Crippen LogP contribution in [-0.4, -0.2) is 35.0 Å². The molecule has 0 unspecified atom stereocenters. The number of hydrogen-bond donors (Lipinski definition) is 1. The number of aliphatic carboxylic acids is 1. The molecule has 0 bridgehead atoms. The lowest BCUT2D eigenvalue weighted by molar-refractivity contribution is -0.137. The molecule has 1 aliphatic rings. The van der Waals surface area contributed by atoms with Gasteiger partial charge < -0.3 is 10.0 Å². The molecular weight excluding hydrogens is 262 g/mol. The average molecular weight is 274 g/mol. The molecule has 4 nitrogen and oxygen atoms in total. The summed E-state index contributed by atoms with van der Waals surface area (Å²) in [6.07, 6.45) is 2.16. The monoisotopic (exact) mass is 273 g/mol. The fourth-order valence-electron chi connectivity index (χ4n) is 1.58. The first kappa shape index (κ1) is 12.4. The largest absolute Gasteiger partial charge is 0.480 e. The zero-order valence-electron chi connectivity index (χ0n) is 9.06. The SMILES string of the molecule is O=C(O)CN(CC1CC1)C(=O)c1ccc(Cl)s1. The van der Waals surface area contributed by atoms with Crippen molar-refractivity contribution in [2.75, 3.05) is 13.1 Å². The van der Waals surface area contributed by atoms with Gasteiger partial charge >= 0.3 is 5.97 Å². The van der Waals surface area contributed by atoms with Crippen LogP contribution in [0.1, 0.15) is 22.5 Å². The van der Waals surface area contributed by atoms with Crippen LogP contribution in [0.15, 0.2) is 12.1 Å². The van der Waals surface area contributed by atoms with Gasteiger partial charge in [-0.05, 0) is 30.9 Å². The van der Waals surface area contributed by atoms with E-state index in [4.69, 9.17) is 16.7 Å². The molecule has 1 aromatic rings. The van der Waals surface area contributed by atoms with Crippen LogP contribution in [-0.2, 0) is 4.79 Å². The van der Waals surface area contributed by atoms with Gasteiger partial charge in [0.05, 0.1) is 9.21 Å². The average Bonchev–Trinajstić information content (AvgIpc) is 2.96. The highest BCUT2D eigenvalue weighted by molar-refractivity contribution is 7.17. The van der Waals surface area contributed by atoms with Gasteiger partial charge in [0.15, 0.2) is 0 Å². The summed E-state index contributed by atoms with van der Waals surface area (Å²) >= 11 is 6.94. The lowest BCUT2D eigenvalue weighted by Crippen LogP contribution is -2.36. The van der Waals surface area contributed by atoms with Crippen molar-refractivity contribution in [1.82, 2.24) is 4.90 Å². The molecule has 0 atom stereocenters. The van der Waals surface area contributed by atoms with Crippen molar-refractivity contribution in [3.8, 4) is 0 Å². The van der Waals surface area contributed by atoms with E-state index >= 15 is 0 Å². The van der Waals surface area contributed by atoms with E-state index in [0.717, 1.165) is 12.8 Å². The van der Waals surface area contributed by atoms with Crippen molar-refractivity contribution in [3.05, 3.63) is 21.3 Å². The molecule has 1 saturated carbocycles. The van der Waals surface area contributed by atoms with Crippen molar-refractivity contribution in [2.24, 2.45) is 5.92 Å². The summed E-state index contributed by atoms with van der Waals surface area (Å²) in [4.78, 5) is 24.7. The number of nitrogens with zero attached hydrogens (tertiary/aromatic N) is 1. The van der Waals surface area contributed by atoms with Gasteiger partial charge in [-0.15, -0.1) is 11.3 Å². The minimum atomic E-state index is -0.985. The zero-order chi connectivity index (χ0) is 12.4. The first-order valence-corrected chi connectivity index (χ1v) is 6.52. The third-order valence-corrected chi connectivity index (χ3v) is 3.79. The summed E-state index contributed by atoms with van der Waals surface area (Å²) in [5, 5.41) is 8.80. The van der Waals surface area contributed by atoms with Crippen molar-refractivity contribution < 1.29 is 14.7 Å². The molecule has 2 rings (SSSR count).